The molecule has 0 saturated carbocycles. The fraction of sp³-hybridized carbons (Fsp3) is 0.833. The number of hydrogen-bond acceptors (Lipinski definition) is 3. The first kappa shape index (κ1) is 11.4. The Balaban J connectivity index is 0. The molecule has 0 aliphatic heterocycles. The van der Waals surface area contributed by atoms with Crippen molar-refractivity contribution < 1.29 is 9.53 Å². The first-order chi connectivity index (χ1) is 4.33. The van der Waals surface area contributed by atoms with E-state index in [1.54, 1.807) is 0 Å². The fourth-order valence-corrected chi connectivity index (χ4v) is 0.204. The number of rotatable bonds is 3. The van der Waals surface area contributed by atoms with Crippen molar-refractivity contribution in [3.05, 3.63) is 0 Å². The Morgan fingerprint density at radius 1 is 1.44 bits per heavy atom. The van der Waals surface area contributed by atoms with Crippen LogP contribution in [-0.2, 0) is 9.53 Å². The van der Waals surface area contributed by atoms with Crippen molar-refractivity contribution in [2.24, 2.45) is 5.73 Å². The minimum absolute atomic E-state index is 0.139. The van der Waals surface area contributed by atoms with Crippen molar-refractivity contribution in [3.63, 3.8) is 0 Å². The zero-order chi connectivity index (χ0) is 7.54. The van der Waals surface area contributed by atoms with E-state index in [1.165, 1.54) is 0 Å². The Bertz CT molecular complexity index is 46.3. The molecular formula is C6H15NO2. The van der Waals surface area contributed by atoms with Gasteiger partial charge in [0, 0.05) is 19.8 Å². The van der Waals surface area contributed by atoms with E-state index in [-0.39, 0.29) is 6.54 Å². The van der Waals surface area contributed by atoms with Gasteiger partial charge in [-0.1, -0.05) is 0 Å². The molecule has 0 aliphatic rings. The number of nitrogens with two attached hydrogens (primary N) is 1. The van der Waals surface area contributed by atoms with E-state index in [0.717, 1.165) is 13.2 Å². The molecule has 0 aliphatic carbocycles. The van der Waals surface area contributed by atoms with Gasteiger partial charge in [0.15, 0.2) is 0 Å². The number of aldehydes is 1. The average Bonchev–Trinajstić information content (AvgIpc) is 1.91. The Morgan fingerprint density at radius 3 is 1.78 bits per heavy atom. The highest BCUT2D eigenvalue weighted by Crippen LogP contribution is 1.64. The summed E-state index contributed by atoms with van der Waals surface area (Å²) in [6.45, 7) is 5.81. The smallest absolute Gasteiger partial charge is 0.133 e. The first-order valence-electron chi connectivity index (χ1n) is 3.04. The molecule has 0 aromatic rings. The third kappa shape index (κ3) is 35.4. The lowest BCUT2D eigenvalue weighted by molar-refractivity contribution is -0.106. The second kappa shape index (κ2) is 15.6. The SMILES string of the molecule is CCOCC.NCC=O. The Kier molecular flexibility index (Phi) is 19.8. The Labute approximate surface area is 56.2 Å². The summed E-state index contributed by atoms with van der Waals surface area (Å²) in [5, 5.41) is 0. The van der Waals surface area contributed by atoms with Crippen LogP contribution in [0, 0.1) is 0 Å². The molecule has 0 aromatic heterocycles. The molecule has 0 radical (unpaired) electrons. The van der Waals surface area contributed by atoms with Crippen LogP contribution in [0.1, 0.15) is 13.8 Å². The van der Waals surface area contributed by atoms with Gasteiger partial charge in [0.1, 0.15) is 6.29 Å². The molecular weight excluding hydrogens is 118 g/mol. The second-order valence-corrected chi connectivity index (χ2v) is 1.18. The number of ether oxygens (including phenoxy) is 1. The largest absolute Gasteiger partial charge is 0.382 e. The normalized spacial score (nSPS) is 7.44. The number of hydrogen-bond donors (Lipinski definition) is 1. The summed E-state index contributed by atoms with van der Waals surface area (Å²) in [6, 6.07) is 0. The quantitative estimate of drug-likeness (QED) is 0.559. The summed E-state index contributed by atoms with van der Waals surface area (Å²) < 4.78 is 4.83. The predicted octanol–water partition coefficient (Wildman–Crippen LogP) is 0.187. The van der Waals surface area contributed by atoms with Crippen molar-refractivity contribution in [2.75, 3.05) is 19.8 Å². The lowest BCUT2D eigenvalue weighted by atomic mass is 10.8. The maximum absolute atomic E-state index is 9.05. The molecule has 0 aromatic carbocycles. The molecule has 0 atom stereocenters. The highest BCUT2D eigenvalue weighted by molar-refractivity contribution is 5.51. The molecule has 3 heteroatoms. The molecule has 0 amide bonds. The summed E-state index contributed by atoms with van der Waals surface area (Å²) in [4.78, 5) is 9.05. The number of carbonyl (C=O) groups is 1. The van der Waals surface area contributed by atoms with Gasteiger partial charge in [-0.3, -0.25) is 0 Å². The van der Waals surface area contributed by atoms with Crippen LogP contribution in [0.2, 0.25) is 0 Å². The fourth-order valence-electron chi connectivity index (χ4n) is 0.204. The van der Waals surface area contributed by atoms with E-state index in [0.29, 0.717) is 6.29 Å². The molecule has 0 fully saturated rings. The lowest BCUT2D eigenvalue weighted by Gasteiger charge is -1.86. The van der Waals surface area contributed by atoms with Crippen molar-refractivity contribution >= 4 is 6.29 Å². The summed E-state index contributed by atoms with van der Waals surface area (Å²) >= 11 is 0. The Morgan fingerprint density at radius 2 is 1.78 bits per heavy atom. The third-order valence-corrected chi connectivity index (χ3v) is 0.504. The molecule has 0 unspecified atom stereocenters. The molecule has 2 N–H and O–H groups in total. The van der Waals surface area contributed by atoms with Crippen LogP contribution >= 0.6 is 0 Å². The van der Waals surface area contributed by atoms with Crippen LogP contribution < -0.4 is 5.73 Å². The topological polar surface area (TPSA) is 52.3 Å². The van der Waals surface area contributed by atoms with Gasteiger partial charge in [-0.05, 0) is 13.8 Å². The molecule has 0 saturated heterocycles. The van der Waals surface area contributed by atoms with Crippen LogP contribution in [0.25, 0.3) is 0 Å². The van der Waals surface area contributed by atoms with Gasteiger partial charge in [0.05, 0.1) is 0 Å². The van der Waals surface area contributed by atoms with Crippen molar-refractivity contribution in [2.45, 2.75) is 13.8 Å². The van der Waals surface area contributed by atoms with Crippen LogP contribution in [0.5, 0.6) is 0 Å². The minimum Gasteiger partial charge on any atom is -0.382 e. The summed E-state index contributed by atoms with van der Waals surface area (Å²) in [5.74, 6) is 0. The molecule has 0 rings (SSSR count). The molecule has 0 bridgehead atoms. The van der Waals surface area contributed by atoms with E-state index in [9.17, 15) is 0 Å². The monoisotopic (exact) mass is 133 g/mol. The van der Waals surface area contributed by atoms with Crippen molar-refractivity contribution in [3.8, 4) is 0 Å². The standard InChI is InChI=1S/C4H10O.C2H5NO/c1-3-5-4-2;3-1-2-4/h3-4H2,1-2H3;2H,1,3H2. The zero-order valence-corrected chi connectivity index (χ0v) is 6.09. The maximum atomic E-state index is 9.05. The first-order valence-corrected chi connectivity index (χ1v) is 3.04. The lowest BCUT2D eigenvalue weighted by Crippen LogP contribution is -1.97. The highest BCUT2D eigenvalue weighted by Gasteiger charge is 1.64. The van der Waals surface area contributed by atoms with Crippen LogP contribution in [0.15, 0.2) is 0 Å². The Hall–Kier alpha value is -0.410. The van der Waals surface area contributed by atoms with Gasteiger partial charge < -0.3 is 15.3 Å². The van der Waals surface area contributed by atoms with E-state index in [4.69, 9.17) is 9.53 Å². The maximum Gasteiger partial charge on any atom is 0.133 e. The van der Waals surface area contributed by atoms with E-state index >= 15 is 0 Å². The zero-order valence-electron chi connectivity index (χ0n) is 6.09. The van der Waals surface area contributed by atoms with E-state index < -0.39 is 0 Å². The minimum atomic E-state index is 0.139. The molecule has 9 heavy (non-hydrogen) atoms. The molecule has 0 spiro atoms. The summed E-state index contributed by atoms with van der Waals surface area (Å²) in [7, 11) is 0. The van der Waals surface area contributed by atoms with Crippen LogP contribution in [0.3, 0.4) is 0 Å². The predicted molar refractivity (Wildman–Crippen MR) is 37.3 cm³/mol. The van der Waals surface area contributed by atoms with Crippen molar-refractivity contribution in [1.82, 2.24) is 0 Å². The van der Waals surface area contributed by atoms with Crippen LogP contribution in [0.4, 0.5) is 0 Å². The molecule has 56 valence electrons. The van der Waals surface area contributed by atoms with Crippen molar-refractivity contribution in [1.29, 1.82) is 0 Å². The summed E-state index contributed by atoms with van der Waals surface area (Å²) in [6.07, 6.45) is 0.653. The highest BCUT2D eigenvalue weighted by atomic mass is 16.5. The van der Waals surface area contributed by atoms with E-state index in [2.05, 4.69) is 5.73 Å². The molecule has 3 nitrogen and oxygen atoms in total. The van der Waals surface area contributed by atoms with Gasteiger partial charge in [0.25, 0.3) is 0 Å². The summed E-state index contributed by atoms with van der Waals surface area (Å²) in [5.41, 5.74) is 4.66. The van der Waals surface area contributed by atoms with Gasteiger partial charge >= 0.3 is 0 Å². The third-order valence-electron chi connectivity index (χ3n) is 0.504. The van der Waals surface area contributed by atoms with E-state index in [1.807, 2.05) is 13.8 Å². The van der Waals surface area contributed by atoms with Gasteiger partial charge in [-0.15, -0.1) is 0 Å². The second-order valence-electron chi connectivity index (χ2n) is 1.18. The van der Waals surface area contributed by atoms with Gasteiger partial charge in [-0.2, -0.15) is 0 Å². The van der Waals surface area contributed by atoms with Crippen LogP contribution in [-0.4, -0.2) is 26.0 Å². The van der Waals surface area contributed by atoms with Gasteiger partial charge in [-0.25, -0.2) is 0 Å². The number of carbonyl (C=O) groups excluding carboxylic acids is 1. The van der Waals surface area contributed by atoms with Gasteiger partial charge in [0.2, 0.25) is 0 Å². The molecule has 0 heterocycles. The average molecular weight is 133 g/mol.